The molecular weight excluding hydrogens is 142 g/mol. The normalized spacial score (nSPS) is 23.2. The summed E-state index contributed by atoms with van der Waals surface area (Å²) in [4.78, 5) is 5.75. The van der Waals surface area contributed by atoms with Gasteiger partial charge in [-0.05, 0) is 4.90 Å². The van der Waals surface area contributed by atoms with Crippen molar-refractivity contribution in [3.05, 3.63) is 24.3 Å². The van der Waals surface area contributed by atoms with Gasteiger partial charge in [-0.2, -0.15) is 4.99 Å². The average Bonchev–Trinajstić information content (AvgIpc) is 2.32. The minimum absolute atomic E-state index is 0.504. The van der Waals surface area contributed by atoms with Crippen molar-refractivity contribution in [3.63, 3.8) is 0 Å². The number of hydrogen-bond acceptors (Lipinski definition) is 5. The molecule has 57 valence electrons. The molecule has 0 atom stereocenters. The SMILES string of the molecule is NC1=NC=C2CN(N)C=C[N+]21. The lowest BCUT2D eigenvalue weighted by Gasteiger charge is -2.16. The maximum Gasteiger partial charge on any atom is 0.360 e. The highest BCUT2D eigenvalue weighted by Gasteiger charge is 2.33. The zero-order chi connectivity index (χ0) is 7.84. The van der Waals surface area contributed by atoms with Crippen LogP contribution >= 0.6 is 0 Å². The van der Waals surface area contributed by atoms with Crippen molar-refractivity contribution in [2.75, 3.05) is 6.54 Å². The zero-order valence-electron chi connectivity index (χ0n) is 5.94. The fourth-order valence-corrected chi connectivity index (χ4v) is 1.09. The Kier molecular flexibility index (Phi) is 1.21. The van der Waals surface area contributed by atoms with Gasteiger partial charge >= 0.3 is 5.96 Å². The third kappa shape index (κ3) is 0.903. The summed E-state index contributed by atoms with van der Waals surface area (Å²) in [5.74, 6) is 6.03. The lowest BCUT2D eigenvalue weighted by molar-refractivity contribution is 0.394. The number of guanidine groups is 1. The van der Waals surface area contributed by atoms with E-state index in [1.165, 1.54) is 0 Å². The van der Waals surface area contributed by atoms with E-state index in [0.717, 1.165) is 5.70 Å². The topological polar surface area (TPSA) is 73.5 Å². The molecule has 1 radical (unpaired) electrons. The summed E-state index contributed by atoms with van der Waals surface area (Å²) in [6.45, 7) is 0.653. The summed E-state index contributed by atoms with van der Waals surface area (Å²) in [5.41, 5.74) is 6.56. The summed E-state index contributed by atoms with van der Waals surface area (Å²) in [6, 6.07) is 0. The molecule has 4 N–H and O–H groups in total. The Morgan fingerprint density at radius 1 is 1.64 bits per heavy atom. The summed E-state index contributed by atoms with van der Waals surface area (Å²) in [7, 11) is 0. The first kappa shape index (κ1) is 6.38. The molecule has 11 heavy (non-hydrogen) atoms. The number of nitrogens with zero attached hydrogens (tertiary/aromatic N) is 3. The number of nitrogens with two attached hydrogens (primary N) is 2. The second-order valence-electron chi connectivity index (χ2n) is 2.45. The van der Waals surface area contributed by atoms with Crippen LogP contribution in [-0.4, -0.2) is 17.5 Å². The van der Waals surface area contributed by atoms with E-state index in [4.69, 9.17) is 11.6 Å². The molecule has 2 heterocycles. The fraction of sp³-hybridized carbons (Fsp3) is 0.167. The number of rotatable bonds is 0. The maximum absolute atomic E-state index is 5.55. The molecule has 5 heteroatoms. The largest absolute Gasteiger partial charge is 0.360 e. The highest BCUT2D eigenvalue weighted by atomic mass is 15.4. The van der Waals surface area contributed by atoms with E-state index in [9.17, 15) is 0 Å². The molecule has 0 aromatic rings. The van der Waals surface area contributed by atoms with Gasteiger partial charge in [-0.1, -0.05) is 0 Å². The number of hydrogen-bond donors (Lipinski definition) is 2. The van der Waals surface area contributed by atoms with Gasteiger partial charge < -0.3 is 10.7 Å². The first-order valence-corrected chi connectivity index (χ1v) is 3.28. The standard InChI is InChI=1S/C6H9N5/c7-6-9-3-5-4-10(8)1-2-11(5)6/h1-3H,4,8H2,(H2,7,9)/q+1. The molecule has 0 aliphatic carbocycles. The monoisotopic (exact) mass is 151 g/mol. The van der Waals surface area contributed by atoms with E-state index in [-0.39, 0.29) is 0 Å². The highest BCUT2D eigenvalue weighted by Crippen LogP contribution is 2.13. The lowest BCUT2D eigenvalue weighted by atomic mass is 10.4. The van der Waals surface area contributed by atoms with Gasteiger partial charge in [0.1, 0.15) is 6.54 Å². The van der Waals surface area contributed by atoms with E-state index in [1.807, 2.05) is 4.90 Å². The molecule has 0 aromatic carbocycles. The predicted octanol–water partition coefficient (Wildman–Crippen LogP) is -1.04. The molecule has 0 unspecified atom stereocenters. The number of aliphatic imine (C=N–C) groups is 1. The molecule has 0 aromatic heterocycles. The van der Waals surface area contributed by atoms with E-state index in [0.29, 0.717) is 12.5 Å². The zero-order valence-corrected chi connectivity index (χ0v) is 5.94. The molecule has 5 nitrogen and oxygen atoms in total. The minimum Gasteiger partial charge on any atom is -0.333 e. The summed E-state index contributed by atoms with van der Waals surface area (Å²) in [6.07, 6.45) is 5.27. The average molecular weight is 151 g/mol. The predicted molar refractivity (Wildman–Crippen MR) is 41.9 cm³/mol. The Hall–Kier alpha value is -1.33. The summed E-state index contributed by atoms with van der Waals surface area (Å²) >= 11 is 0. The van der Waals surface area contributed by atoms with Gasteiger partial charge in [0.2, 0.25) is 5.70 Å². The van der Waals surface area contributed by atoms with Crippen LogP contribution in [0.25, 0.3) is 0 Å². The maximum atomic E-state index is 5.55. The van der Waals surface area contributed by atoms with Crippen LogP contribution in [-0.2, 0) is 0 Å². The van der Waals surface area contributed by atoms with Crippen molar-refractivity contribution in [2.45, 2.75) is 0 Å². The van der Waals surface area contributed by atoms with Crippen LogP contribution < -0.4 is 16.5 Å². The van der Waals surface area contributed by atoms with Crippen molar-refractivity contribution >= 4 is 5.96 Å². The van der Waals surface area contributed by atoms with E-state index >= 15 is 0 Å². The Bertz CT molecular complexity index is 264. The molecular formula is C6H9N5+. The van der Waals surface area contributed by atoms with Crippen LogP contribution in [0.5, 0.6) is 0 Å². The van der Waals surface area contributed by atoms with E-state index in [1.54, 1.807) is 23.6 Å². The Morgan fingerprint density at radius 3 is 3.27 bits per heavy atom. The molecule has 0 spiro atoms. The number of hydrazine groups is 1. The van der Waals surface area contributed by atoms with Gasteiger partial charge in [0.05, 0.1) is 12.4 Å². The molecule has 2 aliphatic heterocycles. The van der Waals surface area contributed by atoms with Crippen LogP contribution in [0.3, 0.4) is 0 Å². The quantitative estimate of drug-likeness (QED) is 0.343. The van der Waals surface area contributed by atoms with E-state index < -0.39 is 0 Å². The van der Waals surface area contributed by atoms with Crippen LogP contribution in [0.2, 0.25) is 0 Å². The second kappa shape index (κ2) is 2.08. The fourth-order valence-electron chi connectivity index (χ4n) is 1.09. The van der Waals surface area contributed by atoms with Crippen molar-refractivity contribution in [2.24, 2.45) is 16.6 Å². The third-order valence-corrected chi connectivity index (χ3v) is 1.65. The van der Waals surface area contributed by atoms with Crippen molar-refractivity contribution in [1.82, 2.24) is 9.91 Å². The number of fused-ring (bicyclic) bond motifs is 1. The van der Waals surface area contributed by atoms with Gasteiger partial charge in [0, 0.05) is 0 Å². The summed E-state index contributed by atoms with van der Waals surface area (Å²) in [5, 5.41) is 1.58. The molecule has 2 aliphatic rings. The molecule has 0 saturated heterocycles. The Labute approximate surface area is 64.2 Å². The van der Waals surface area contributed by atoms with Crippen molar-refractivity contribution in [1.29, 1.82) is 0 Å². The van der Waals surface area contributed by atoms with Crippen LogP contribution in [0, 0.1) is 0 Å². The Morgan fingerprint density at radius 2 is 2.45 bits per heavy atom. The van der Waals surface area contributed by atoms with Crippen LogP contribution in [0.4, 0.5) is 0 Å². The molecule has 0 amide bonds. The Balaban J connectivity index is 2.28. The van der Waals surface area contributed by atoms with Crippen LogP contribution in [0.1, 0.15) is 0 Å². The van der Waals surface area contributed by atoms with Crippen LogP contribution in [0.15, 0.2) is 29.3 Å². The summed E-state index contributed by atoms with van der Waals surface area (Å²) < 4.78 is 0. The third-order valence-electron chi connectivity index (χ3n) is 1.65. The smallest absolute Gasteiger partial charge is 0.333 e. The highest BCUT2D eigenvalue weighted by molar-refractivity contribution is 5.86. The van der Waals surface area contributed by atoms with Gasteiger partial charge in [0.15, 0.2) is 6.20 Å². The second-order valence-corrected chi connectivity index (χ2v) is 2.45. The van der Waals surface area contributed by atoms with Gasteiger partial charge in [-0.15, -0.1) is 0 Å². The lowest BCUT2D eigenvalue weighted by Crippen LogP contribution is -2.43. The molecule has 0 saturated carbocycles. The van der Waals surface area contributed by atoms with Gasteiger partial charge in [0.25, 0.3) is 0 Å². The molecule has 2 rings (SSSR count). The van der Waals surface area contributed by atoms with Crippen molar-refractivity contribution in [3.8, 4) is 0 Å². The first-order chi connectivity index (χ1) is 5.27. The van der Waals surface area contributed by atoms with E-state index in [2.05, 4.69) is 4.99 Å². The van der Waals surface area contributed by atoms with Gasteiger partial charge in [-0.3, -0.25) is 0 Å². The minimum atomic E-state index is 0.504. The van der Waals surface area contributed by atoms with Crippen molar-refractivity contribution < 1.29 is 0 Å². The molecule has 0 bridgehead atoms. The molecule has 0 fully saturated rings. The first-order valence-electron chi connectivity index (χ1n) is 3.28. The van der Waals surface area contributed by atoms with Gasteiger partial charge in [-0.25, -0.2) is 5.84 Å².